The van der Waals surface area contributed by atoms with Crippen LogP contribution in [0.1, 0.15) is 52.7 Å². The van der Waals surface area contributed by atoms with E-state index in [1.54, 1.807) is 23.7 Å². The summed E-state index contributed by atoms with van der Waals surface area (Å²) in [5.41, 5.74) is 2.57. The van der Waals surface area contributed by atoms with Crippen LogP contribution in [0, 0.1) is 19.7 Å². The van der Waals surface area contributed by atoms with Crippen molar-refractivity contribution < 1.29 is 9.18 Å². The minimum absolute atomic E-state index is 0.200. The van der Waals surface area contributed by atoms with Gasteiger partial charge in [0, 0.05) is 13.0 Å². The van der Waals surface area contributed by atoms with Gasteiger partial charge in [0.1, 0.15) is 11.6 Å². The van der Waals surface area contributed by atoms with Crippen LogP contribution in [-0.2, 0) is 19.5 Å². The molecule has 0 unspecified atom stereocenters. The Labute approximate surface area is 162 Å². The summed E-state index contributed by atoms with van der Waals surface area (Å²) in [5.74, 6) is 1.27. The molecule has 146 valence electrons. The SMILES string of the molecule is Cc1nn(-c2ccc(F)cc2)c(C)c1C(=O)NCc1nnc2n1CCCCC2. The highest BCUT2D eigenvalue weighted by Crippen LogP contribution is 2.19. The molecule has 28 heavy (non-hydrogen) atoms. The lowest BCUT2D eigenvalue weighted by atomic mass is 10.2. The number of benzene rings is 1. The number of aryl methyl sites for hydroxylation is 2. The second-order valence-corrected chi connectivity index (χ2v) is 7.11. The normalized spacial score (nSPS) is 13.8. The Morgan fingerprint density at radius 3 is 2.71 bits per heavy atom. The summed E-state index contributed by atoms with van der Waals surface area (Å²) in [7, 11) is 0. The van der Waals surface area contributed by atoms with Crippen LogP contribution in [0.25, 0.3) is 5.69 Å². The summed E-state index contributed by atoms with van der Waals surface area (Å²) >= 11 is 0. The van der Waals surface area contributed by atoms with E-state index in [0.717, 1.165) is 37.5 Å². The molecule has 1 aromatic carbocycles. The fraction of sp³-hybridized carbons (Fsp3) is 0.400. The van der Waals surface area contributed by atoms with Crippen LogP contribution in [0.3, 0.4) is 0 Å². The van der Waals surface area contributed by atoms with Crippen molar-refractivity contribution in [2.75, 3.05) is 0 Å². The molecular weight excluding hydrogens is 359 g/mol. The molecule has 0 spiro atoms. The van der Waals surface area contributed by atoms with Crippen LogP contribution >= 0.6 is 0 Å². The standard InChI is InChI=1S/C20H23FN6O/c1-13-19(14(2)27(25-13)16-9-7-15(21)8-10-16)20(28)22-12-18-24-23-17-6-4-3-5-11-26(17)18/h7-10H,3-6,11-12H2,1-2H3,(H,22,28). The lowest BCUT2D eigenvalue weighted by Crippen LogP contribution is -2.26. The summed E-state index contributed by atoms with van der Waals surface area (Å²) in [6, 6.07) is 6.04. The Hall–Kier alpha value is -3.03. The van der Waals surface area contributed by atoms with Gasteiger partial charge in [-0.15, -0.1) is 10.2 Å². The minimum atomic E-state index is -0.310. The maximum Gasteiger partial charge on any atom is 0.255 e. The number of hydrogen-bond acceptors (Lipinski definition) is 4. The van der Waals surface area contributed by atoms with Crippen LogP contribution in [0.2, 0.25) is 0 Å². The first kappa shape index (κ1) is 18.3. The Bertz CT molecular complexity index is 1000. The molecule has 1 aliphatic heterocycles. The van der Waals surface area contributed by atoms with Gasteiger partial charge in [-0.1, -0.05) is 6.42 Å². The molecule has 2 aromatic heterocycles. The second kappa shape index (κ2) is 7.53. The van der Waals surface area contributed by atoms with E-state index in [4.69, 9.17) is 0 Å². The highest BCUT2D eigenvalue weighted by atomic mass is 19.1. The smallest absolute Gasteiger partial charge is 0.255 e. The Balaban J connectivity index is 1.53. The van der Waals surface area contributed by atoms with Crippen LogP contribution in [0.4, 0.5) is 4.39 Å². The molecule has 7 nitrogen and oxygen atoms in total. The first-order chi connectivity index (χ1) is 13.5. The second-order valence-electron chi connectivity index (χ2n) is 7.11. The molecule has 0 radical (unpaired) electrons. The molecule has 4 rings (SSSR count). The van der Waals surface area contributed by atoms with Crippen molar-refractivity contribution in [1.29, 1.82) is 0 Å². The van der Waals surface area contributed by atoms with Crippen molar-refractivity contribution in [2.45, 2.75) is 52.6 Å². The Morgan fingerprint density at radius 2 is 1.93 bits per heavy atom. The van der Waals surface area contributed by atoms with Crippen molar-refractivity contribution in [1.82, 2.24) is 29.9 Å². The van der Waals surface area contributed by atoms with Crippen molar-refractivity contribution in [3.8, 4) is 5.69 Å². The molecule has 1 N–H and O–H groups in total. The van der Waals surface area contributed by atoms with Crippen molar-refractivity contribution >= 4 is 5.91 Å². The van der Waals surface area contributed by atoms with E-state index < -0.39 is 0 Å². The van der Waals surface area contributed by atoms with E-state index in [-0.39, 0.29) is 11.7 Å². The number of carbonyl (C=O) groups is 1. The quantitative estimate of drug-likeness (QED) is 0.753. The fourth-order valence-corrected chi connectivity index (χ4v) is 3.73. The van der Waals surface area contributed by atoms with Crippen LogP contribution in [0.15, 0.2) is 24.3 Å². The Morgan fingerprint density at radius 1 is 1.14 bits per heavy atom. The maximum absolute atomic E-state index is 13.2. The molecule has 8 heteroatoms. The van der Waals surface area contributed by atoms with Gasteiger partial charge in [0.2, 0.25) is 0 Å². The predicted molar refractivity (Wildman–Crippen MR) is 102 cm³/mol. The van der Waals surface area contributed by atoms with Gasteiger partial charge in [-0.3, -0.25) is 4.79 Å². The monoisotopic (exact) mass is 382 g/mol. The number of amides is 1. The third kappa shape index (κ3) is 3.42. The zero-order valence-electron chi connectivity index (χ0n) is 16.1. The summed E-state index contributed by atoms with van der Waals surface area (Å²) in [4.78, 5) is 12.8. The first-order valence-electron chi connectivity index (χ1n) is 9.56. The predicted octanol–water partition coefficient (Wildman–Crippen LogP) is 2.88. The molecule has 0 bridgehead atoms. The third-order valence-corrected chi connectivity index (χ3v) is 5.18. The number of fused-ring (bicyclic) bond motifs is 1. The van der Waals surface area contributed by atoms with Crippen LogP contribution in [0.5, 0.6) is 0 Å². The summed E-state index contributed by atoms with van der Waals surface area (Å²) < 4.78 is 17.0. The van der Waals surface area contributed by atoms with E-state index in [0.29, 0.717) is 29.2 Å². The first-order valence-corrected chi connectivity index (χ1v) is 9.56. The van der Waals surface area contributed by atoms with Crippen molar-refractivity contribution in [2.24, 2.45) is 0 Å². The number of halogens is 1. The topological polar surface area (TPSA) is 77.6 Å². The van der Waals surface area contributed by atoms with E-state index in [9.17, 15) is 9.18 Å². The summed E-state index contributed by atoms with van der Waals surface area (Å²) in [6.07, 6.45) is 4.36. The van der Waals surface area contributed by atoms with E-state index >= 15 is 0 Å². The van der Waals surface area contributed by atoms with Crippen LogP contribution in [-0.4, -0.2) is 30.5 Å². The third-order valence-electron chi connectivity index (χ3n) is 5.18. The molecule has 0 saturated heterocycles. The number of hydrogen-bond donors (Lipinski definition) is 1. The lowest BCUT2D eigenvalue weighted by molar-refractivity contribution is 0.0948. The van der Waals surface area contributed by atoms with Gasteiger partial charge in [0.05, 0.1) is 29.2 Å². The summed E-state index contributed by atoms with van der Waals surface area (Å²) in [5, 5.41) is 15.9. The van der Waals surface area contributed by atoms with Gasteiger partial charge in [-0.05, 0) is 51.0 Å². The summed E-state index contributed by atoms with van der Waals surface area (Å²) in [6.45, 7) is 4.85. The number of carbonyl (C=O) groups excluding carboxylic acids is 1. The highest BCUT2D eigenvalue weighted by molar-refractivity contribution is 5.96. The number of nitrogens with one attached hydrogen (secondary N) is 1. The van der Waals surface area contributed by atoms with Gasteiger partial charge in [0.25, 0.3) is 5.91 Å². The molecule has 3 aromatic rings. The molecule has 0 fully saturated rings. The molecule has 1 amide bonds. The maximum atomic E-state index is 13.2. The van der Waals surface area contributed by atoms with Gasteiger partial charge in [-0.2, -0.15) is 5.10 Å². The van der Waals surface area contributed by atoms with Gasteiger partial charge in [0.15, 0.2) is 5.82 Å². The zero-order chi connectivity index (χ0) is 19.7. The molecule has 0 saturated carbocycles. The highest BCUT2D eigenvalue weighted by Gasteiger charge is 2.21. The number of rotatable bonds is 4. The number of aromatic nitrogens is 5. The lowest BCUT2D eigenvalue weighted by Gasteiger charge is -2.09. The zero-order valence-corrected chi connectivity index (χ0v) is 16.1. The van der Waals surface area contributed by atoms with Gasteiger partial charge in [-0.25, -0.2) is 9.07 Å². The molecular formula is C20H23FN6O. The number of nitrogens with zero attached hydrogens (tertiary/aromatic N) is 5. The van der Waals surface area contributed by atoms with E-state index in [2.05, 4.69) is 25.2 Å². The average Bonchev–Trinajstić information content (AvgIpc) is 3.10. The van der Waals surface area contributed by atoms with Crippen molar-refractivity contribution in [3.63, 3.8) is 0 Å². The van der Waals surface area contributed by atoms with Gasteiger partial charge < -0.3 is 9.88 Å². The van der Waals surface area contributed by atoms with E-state index in [1.165, 1.54) is 18.6 Å². The largest absolute Gasteiger partial charge is 0.345 e. The van der Waals surface area contributed by atoms with Gasteiger partial charge >= 0.3 is 0 Å². The van der Waals surface area contributed by atoms with E-state index in [1.807, 2.05) is 6.92 Å². The molecule has 1 aliphatic rings. The average molecular weight is 382 g/mol. The Kier molecular flexibility index (Phi) is 4.93. The molecule has 0 atom stereocenters. The molecule has 3 heterocycles. The minimum Gasteiger partial charge on any atom is -0.345 e. The van der Waals surface area contributed by atoms with Crippen LogP contribution < -0.4 is 5.32 Å². The fourth-order valence-electron chi connectivity index (χ4n) is 3.73. The van der Waals surface area contributed by atoms with Crippen molar-refractivity contribution in [3.05, 3.63) is 58.7 Å². The molecule has 0 aliphatic carbocycles.